The zero-order valence-electron chi connectivity index (χ0n) is 11.9. The average molecular weight is 261 g/mol. The minimum absolute atomic E-state index is 0.207. The summed E-state index contributed by atoms with van der Waals surface area (Å²) in [6.07, 6.45) is 3.51. The molecular formula is C15H23N3O. The number of nitrogens with one attached hydrogen (secondary N) is 1. The number of likely N-dealkylation sites (N-methyl/N-ethyl adjacent to an activating group) is 1. The lowest BCUT2D eigenvalue weighted by atomic mass is 10.0. The Morgan fingerprint density at radius 1 is 1.42 bits per heavy atom. The maximum Gasteiger partial charge on any atom is 0.255 e. The molecule has 0 aromatic carbocycles. The van der Waals surface area contributed by atoms with Gasteiger partial charge in [-0.25, -0.2) is 0 Å². The van der Waals surface area contributed by atoms with Gasteiger partial charge >= 0.3 is 0 Å². The van der Waals surface area contributed by atoms with Crippen LogP contribution in [0.3, 0.4) is 0 Å². The van der Waals surface area contributed by atoms with Gasteiger partial charge in [0.1, 0.15) is 0 Å². The lowest BCUT2D eigenvalue weighted by Gasteiger charge is -2.28. The van der Waals surface area contributed by atoms with Crippen LogP contribution in [0.5, 0.6) is 0 Å². The zero-order valence-corrected chi connectivity index (χ0v) is 11.9. The summed E-state index contributed by atoms with van der Waals surface area (Å²) in [4.78, 5) is 14.8. The molecule has 0 amide bonds. The molecule has 0 unspecified atom stereocenters. The number of nitrogens with zero attached hydrogens (tertiary/aromatic N) is 2. The Labute approximate surface area is 114 Å². The van der Waals surface area contributed by atoms with Gasteiger partial charge in [0.25, 0.3) is 5.56 Å². The predicted octanol–water partition coefficient (Wildman–Crippen LogP) is 1.11. The summed E-state index contributed by atoms with van der Waals surface area (Å²) in [6, 6.07) is 2.78. The van der Waals surface area contributed by atoms with Crippen molar-refractivity contribution >= 4 is 0 Å². The number of rotatable bonds is 4. The van der Waals surface area contributed by atoms with Gasteiger partial charge in [0.15, 0.2) is 0 Å². The Bertz CT molecular complexity index is 531. The van der Waals surface area contributed by atoms with Gasteiger partial charge in [0, 0.05) is 49.9 Å². The third-order valence-electron chi connectivity index (χ3n) is 4.21. The molecule has 1 aromatic rings. The average Bonchev–Trinajstić information content (AvgIpc) is 3.21. The highest BCUT2D eigenvalue weighted by atomic mass is 16.1. The molecule has 1 aromatic heterocycles. The molecule has 4 nitrogen and oxygen atoms in total. The van der Waals surface area contributed by atoms with E-state index in [4.69, 9.17) is 0 Å². The topological polar surface area (TPSA) is 37.3 Å². The lowest BCUT2D eigenvalue weighted by molar-refractivity contribution is 0.304. The van der Waals surface area contributed by atoms with Crippen LogP contribution in [0.1, 0.15) is 36.6 Å². The molecule has 1 saturated carbocycles. The summed E-state index contributed by atoms with van der Waals surface area (Å²) < 4.78 is 1.98. The van der Waals surface area contributed by atoms with Crippen molar-refractivity contribution in [2.24, 2.45) is 0 Å². The number of hydrogen-bond acceptors (Lipinski definition) is 3. The molecule has 19 heavy (non-hydrogen) atoms. The van der Waals surface area contributed by atoms with E-state index in [-0.39, 0.29) is 5.56 Å². The predicted molar refractivity (Wildman–Crippen MR) is 76.3 cm³/mol. The van der Waals surface area contributed by atoms with E-state index in [0.717, 1.165) is 38.2 Å². The molecule has 2 heterocycles. The molecule has 1 fully saturated rings. The molecule has 0 atom stereocenters. The van der Waals surface area contributed by atoms with Crippen molar-refractivity contribution in [3.63, 3.8) is 0 Å². The molecule has 0 saturated heterocycles. The first-order valence-corrected chi connectivity index (χ1v) is 7.35. The largest absolute Gasteiger partial charge is 0.312 e. The van der Waals surface area contributed by atoms with Crippen LogP contribution in [-0.4, -0.2) is 29.1 Å². The number of hydrogen-bond donors (Lipinski definition) is 1. The van der Waals surface area contributed by atoms with Crippen LogP contribution in [-0.2, 0) is 26.1 Å². The van der Waals surface area contributed by atoms with Crippen LogP contribution in [0, 0.1) is 0 Å². The van der Waals surface area contributed by atoms with Crippen molar-refractivity contribution < 1.29 is 0 Å². The lowest BCUT2D eigenvalue weighted by Crippen LogP contribution is -2.36. The van der Waals surface area contributed by atoms with Crippen molar-refractivity contribution in [3.05, 3.63) is 33.2 Å². The van der Waals surface area contributed by atoms with Crippen molar-refractivity contribution in [2.45, 2.75) is 51.9 Å². The Hall–Kier alpha value is -1.13. The number of fused-ring (bicyclic) bond motifs is 1. The van der Waals surface area contributed by atoms with E-state index in [9.17, 15) is 4.79 Å². The van der Waals surface area contributed by atoms with Crippen molar-refractivity contribution in [3.8, 4) is 0 Å². The van der Waals surface area contributed by atoms with Gasteiger partial charge in [-0.05, 0) is 38.4 Å². The molecule has 1 aliphatic heterocycles. The van der Waals surface area contributed by atoms with Crippen LogP contribution < -0.4 is 10.9 Å². The second kappa shape index (κ2) is 5.10. The first-order chi connectivity index (χ1) is 9.19. The number of pyridine rings is 1. The summed E-state index contributed by atoms with van der Waals surface area (Å²) in [5.41, 5.74) is 3.73. The molecule has 1 N–H and O–H groups in total. The van der Waals surface area contributed by atoms with Crippen LogP contribution >= 0.6 is 0 Å². The van der Waals surface area contributed by atoms with E-state index in [2.05, 4.69) is 30.3 Å². The van der Waals surface area contributed by atoms with E-state index in [1.165, 1.54) is 24.1 Å². The fourth-order valence-electron chi connectivity index (χ4n) is 2.93. The Kier molecular flexibility index (Phi) is 3.46. The zero-order chi connectivity index (χ0) is 13.4. The van der Waals surface area contributed by atoms with Crippen molar-refractivity contribution in [1.29, 1.82) is 0 Å². The van der Waals surface area contributed by atoms with Gasteiger partial charge in [-0.2, -0.15) is 0 Å². The number of aromatic nitrogens is 1. The summed E-state index contributed by atoms with van der Waals surface area (Å²) in [5, 5.41) is 3.46. The molecule has 104 valence electrons. The fraction of sp³-hybridized carbons (Fsp3) is 0.667. The molecule has 0 bridgehead atoms. The van der Waals surface area contributed by atoms with Crippen molar-refractivity contribution in [1.82, 2.24) is 14.8 Å². The maximum absolute atomic E-state index is 12.5. The van der Waals surface area contributed by atoms with E-state index < -0.39 is 0 Å². The molecule has 3 rings (SSSR count). The highest BCUT2D eigenvalue weighted by molar-refractivity contribution is 5.29. The third-order valence-corrected chi connectivity index (χ3v) is 4.21. The minimum Gasteiger partial charge on any atom is -0.312 e. The Morgan fingerprint density at radius 2 is 2.21 bits per heavy atom. The normalized spacial score (nSPS) is 19.5. The highest BCUT2D eigenvalue weighted by Gasteiger charge is 2.22. The van der Waals surface area contributed by atoms with Gasteiger partial charge in [-0.3, -0.25) is 4.79 Å². The first-order valence-electron chi connectivity index (χ1n) is 7.35. The van der Waals surface area contributed by atoms with Crippen LogP contribution in [0.2, 0.25) is 0 Å². The molecule has 0 radical (unpaired) electrons. The Morgan fingerprint density at radius 3 is 2.89 bits per heavy atom. The molecule has 1 aliphatic carbocycles. The van der Waals surface area contributed by atoms with E-state index in [0.29, 0.717) is 6.04 Å². The molecule has 4 heteroatoms. The van der Waals surface area contributed by atoms with Gasteiger partial charge < -0.3 is 14.8 Å². The second-order valence-electron chi connectivity index (χ2n) is 5.83. The van der Waals surface area contributed by atoms with Gasteiger partial charge in [-0.1, -0.05) is 0 Å². The molecule has 0 spiro atoms. The smallest absolute Gasteiger partial charge is 0.255 e. The van der Waals surface area contributed by atoms with E-state index in [1.54, 1.807) is 0 Å². The highest BCUT2D eigenvalue weighted by Crippen LogP contribution is 2.20. The summed E-state index contributed by atoms with van der Waals surface area (Å²) in [5.74, 6) is 0. The summed E-state index contributed by atoms with van der Waals surface area (Å²) in [7, 11) is 2.15. The van der Waals surface area contributed by atoms with E-state index in [1.807, 2.05) is 4.57 Å². The van der Waals surface area contributed by atoms with Crippen LogP contribution in [0.4, 0.5) is 0 Å². The first kappa shape index (κ1) is 12.9. The molecule has 2 aliphatic rings. The van der Waals surface area contributed by atoms with Gasteiger partial charge in [0.2, 0.25) is 0 Å². The SMILES string of the molecule is CCn1c2c(cc(CNC3CC3)c1=O)CN(C)CC2. The summed E-state index contributed by atoms with van der Waals surface area (Å²) in [6.45, 7) is 5.58. The van der Waals surface area contributed by atoms with Gasteiger partial charge in [0.05, 0.1) is 0 Å². The van der Waals surface area contributed by atoms with Gasteiger partial charge in [-0.15, -0.1) is 0 Å². The van der Waals surface area contributed by atoms with Crippen LogP contribution in [0.15, 0.2) is 10.9 Å². The Balaban J connectivity index is 1.95. The van der Waals surface area contributed by atoms with Crippen LogP contribution in [0.25, 0.3) is 0 Å². The summed E-state index contributed by atoms with van der Waals surface area (Å²) >= 11 is 0. The molecular weight excluding hydrogens is 238 g/mol. The maximum atomic E-state index is 12.5. The second-order valence-corrected chi connectivity index (χ2v) is 5.83. The quantitative estimate of drug-likeness (QED) is 0.882. The fourth-order valence-corrected chi connectivity index (χ4v) is 2.93. The van der Waals surface area contributed by atoms with Crippen molar-refractivity contribution in [2.75, 3.05) is 13.6 Å². The minimum atomic E-state index is 0.207. The third kappa shape index (κ3) is 2.60. The monoisotopic (exact) mass is 261 g/mol. The van der Waals surface area contributed by atoms with E-state index >= 15 is 0 Å². The standard InChI is InChI=1S/C15H23N3O/c1-3-18-14-6-7-17(2)10-12(14)8-11(15(18)19)9-16-13-4-5-13/h8,13,16H,3-7,9-10H2,1-2H3.